The fraction of sp³-hybridized carbons (Fsp3) is 0.500. The lowest BCUT2D eigenvalue weighted by Gasteiger charge is -2.28. The minimum absolute atomic E-state index is 0.157. The Morgan fingerprint density at radius 1 is 1.41 bits per heavy atom. The molecule has 2 atom stereocenters. The highest BCUT2D eigenvalue weighted by Crippen LogP contribution is 2.23. The van der Waals surface area contributed by atoms with Crippen molar-refractivity contribution in [2.45, 2.75) is 38.3 Å². The molecule has 0 aromatic heterocycles. The molecule has 1 heterocycles. The van der Waals surface area contributed by atoms with Crippen LogP contribution in [0.15, 0.2) is 24.3 Å². The first-order valence-corrected chi connectivity index (χ1v) is 7.25. The van der Waals surface area contributed by atoms with Crippen LogP contribution in [0.1, 0.15) is 25.3 Å². The van der Waals surface area contributed by atoms with Gasteiger partial charge in [0, 0.05) is 6.61 Å². The molecule has 2 unspecified atom stereocenters. The Morgan fingerprint density at radius 3 is 2.64 bits per heavy atom. The summed E-state index contributed by atoms with van der Waals surface area (Å²) in [6.45, 7) is 4.26. The van der Waals surface area contributed by atoms with Gasteiger partial charge in [-0.2, -0.15) is 0 Å². The summed E-state index contributed by atoms with van der Waals surface area (Å²) in [6.07, 6.45) is -0.382. The summed E-state index contributed by atoms with van der Waals surface area (Å²) < 4.78 is 10.8. The van der Waals surface area contributed by atoms with Crippen LogP contribution in [0.4, 0.5) is 0 Å². The van der Waals surface area contributed by atoms with Crippen molar-refractivity contribution in [3.8, 4) is 5.75 Å². The molecule has 22 heavy (non-hydrogen) atoms. The number of benzene rings is 1. The van der Waals surface area contributed by atoms with Crippen LogP contribution in [0.5, 0.6) is 5.75 Å². The summed E-state index contributed by atoms with van der Waals surface area (Å²) >= 11 is 0. The maximum atomic E-state index is 12.3. The lowest BCUT2D eigenvalue weighted by atomic mass is 9.94. The van der Waals surface area contributed by atoms with E-state index in [0.717, 1.165) is 5.56 Å². The van der Waals surface area contributed by atoms with Gasteiger partial charge in [-0.1, -0.05) is 17.7 Å². The summed E-state index contributed by atoms with van der Waals surface area (Å²) in [4.78, 5) is 23.3. The number of carboxylic acid groups (broad SMARTS) is 1. The summed E-state index contributed by atoms with van der Waals surface area (Å²) in [6, 6.07) is 7.39. The lowest BCUT2D eigenvalue weighted by molar-refractivity contribution is -0.139. The van der Waals surface area contributed by atoms with Gasteiger partial charge in [-0.25, -0.2) is 0 Å². The number of nitrogens with one attached hydrogen (secondary N) is 1. The number of ether oxygens (including phenoxy) is 2. The van der Waals surface area contributed by atoms with Crippen molar-refractivity contribution in [2.75, 3.05) is 13.2 Å². The average Bonchev–Trinajstić information content (AvgIpc) is 2.88. The molecule has 1 saturated heterocycles. The Morgan fingerprint density at radius 2 is 2.09 bits per heavy atom. The number of hydrogen-bond donors (Lipinski definition) is 2. The van der Waals surface area contributed by atoms with Crippen molar-refractivity contribution >= 4 is 11.9 Å². The number of carbonyl (C=O) groups excluding carboxylic acids is 1. The van der Waals surface area contributed by atoms with E-state index in [-0.39, 0.29) is 18.9 Å². The van der Waals surface area contributed by atoms with E-state index in [1.807, 2.05) is 19.1 Å². The zero-order valence-electron chi connectivity index (χ0n) is 12.8. The maximum Gasteiger partial charge on any atom is 0.305 e. The number of aliphatic carboxylic acids is 1. The van der Waals surface area contributed by atoms with Gasteiger partial charge in [0.15, 0.2) is 6.10 Å². The molecule has 1 amide bonds. The quantitative estimate of drug-likeness (QED) is 0.832. The molecule has 120 valence electrons. The van der Waals surface area contributed by atoms with Gasteiger partial charge in [-0.15, -0.1) is 0 Å². The zero-order valence-corrected chi connectivity index (χ0v) is 12.8. The van der Waals surface area contributed by atoms with Gasteiger partial charge in [0.05, 0.1) is 18.6 Å². The predicted octanol–water partition coefficient (Wildman–Crippen LogP) is 1.51. The molecule has 0 aliphatic carbocycles. The van der Waals surface area contributed by atoms with E-state index in [1.165, 1.54) is 0 Å². The monoisotopic (exact) mass is 307 g/mol. The number of rotatable bonds is 6. The van der Waals surface area contributed by atoms with Crippen molar-refractivity contribution < 1.29 is 24.2 Å². The van der Waals surface area contributed by atoms with Gasteiger partial charge < -0.3 is 19.9 Å². The topological polar surface area (TPSA) is 84.9 Å². The molecule has 2 rings (SSSR count). The minimum atomic E-state index is -0.960. The number of aryl methyl sites for hydroxylation is 1. The summed E-state index contributed by atoms with van der Waals surface area (Å²) in [5, 5.41) is 11.8. The molecule has 1 aliphatic heterocycles. The van der Waals surface area contributed by atoms with E-state index in [4.69, 9.17) is 14.6 Å². The SMILES string of the molecule is Cc1ccc(OC(C)C(=O)NC2(CC(=O)O)CCOC2)cc1. The number of carboxylic acids is 1. The third kappa shape index (κ3) is 4.21. The van der Waals surface area contributed by atoms with Crippen LogP contribution in [0.25, 0.3) is 0 Å². The molecule has 1 aromatic rings. The Kier molecular flexibility index (Phi) is 5.03. The first-order chi connectivity index (χ1) is 10.4. The molecule has 6 heteroatoms. The van der Waals surface area contributed by atoms with Crippen LogP contribution in [0, 0.1) is 6.92 Å². The maximum absolute atomic E-state index is 12.3. The molecule has 0 radical (unpaired) electrons. The summed E-state index contributed by atoms with van der Waals surface area (Å²) in [5.41, 5.74) is 0.265. The molecular weight excluding hydrogens is 286 g/mol. The molecule has 0 saturated carbocycles. The van der Waals surface area contributed by atoms with Crippen LogP contribution in [-0.2, 0) is 14.3 Å². The van der Waals surface area contributed by atoms with Gasteiger partial charge in [-0.3, -0.25) is 9.59 Å². The fourth-order valence-electron chi connectivity index (χ4n) is 2.42. The first kappa shape index (κ1) is 16.3. The van der Waals surface area contributed by atoms with E-state index in [9.17, 15) is 9.59 Å². The molecule has 6 nitrogen and oxygen atoms in total. The smallest absolute Gasteiger partial charge is 0.305 e. The van der Waals surface area contributed by atoms with E-state index in [2.05, 4.69) is 5.32 Å². The molecular formula is C16H21NO5. The van der Waals surface area contributed by atoms with Gasteiger partial charge in [0.25, 0.3) is 5.91 Å². The van der Waals surface area contributed by atoms with E-state index in [1.54, 1.807) is 19.1 Å². The van der Waals surface area contributed by atoms with E-state index in [0.29, 0.717) is 18.8 Å². The van der Waals surface area contributed by atoms with Crippen LogP contribution >= 0.6 is 0 Å². The van der Waals surface area contributed by atoms with Gasteiger partial charge in [0.2, 0.25) is 0 Å². The molecule has 2 N–H and O–H groups in total. The van der Waals surface area contributed by atoms with Crippen LogP contribution in [0.2, 0.25) is 0 Å². The fourth-order valence-corrected chi connectivity index (χ4v) is 2.42. The van der Waals surface area contributed by atoms with Crippen molar-refractivity contribution in [2.24, 2.45) is 0 Å². The average molecular weight is 307 g/mol. The van der Waals surface area contributed by atoms with Gasteiger partial charge in [0.1, 0.15) is 5.75 Å². The zero-order chi connectivity index (χ0) is 16.2. The number of amides is 1. The lowest BCUT2D eigenvalue weighted by Crippen LogP contribution is -2.53. The minimum Gasteiger partial charge on any atom is -0.481 e. The second-order valence-corrected chi connectivity index (χ2v) is 5.72. The second kappa shape index (κ2) is 6.79. The van der Waals surface area contributed by atoms with E-state index < -0.39 is 17.6 Å². The molecule has 0 spiro atoms. The third-order valence-electron chi connectivity index (χ3n) is 3.68. The molecule has 1 fully saturated rings. The molecule has 0 bridgehead atoms. The third-order valence-corrected chi connectivity index (χ3v) is 3.68. The Hall–Kier alpha value is -2.08. The molecule has 1 aromatic carbocycles. The van der Waals surface area contributed by atoms with Crippen LogP contribution in [-0.4, -0.2) is 41.8 Å². The van der Waals surface area contributed by atoms with Crippen molar-refractivity contribution in [1.82, 2.24) is 5.32 Å². The normalized spacial score (nSPS) is 22.1. The Bertz CT molecular complexity index is 534. The number of hydrogen-bond acceptors (Lipinski definition) is 4. The van der Waals surface area contributed by atoms with Crippen LogP contribution < -0.4 is 10.1 Å². The molecule has 1 aliphatic rings. The van der Waals surface area contributed by atoms with Gasteiger partial charge in [-0.05, 0) is 32.4 Å². The second-order valence-electron chi connectivity index (χ2n) is 5.72. The van der Waals surface area contributed by atoms with Crippen molar-refractivity contribution in [3.05, 3.63) is 29.8 Å². The van der Waals surface area contributed by atoms with Crippen molar-refractivity contribution in [1.29, 1.82) is 0 Å². The standard InChI is InChI=1S/C16H21NO5/c1-11-3-5-13(6-4-11)22-12(2)15(20)17-16(9-14(18)19)7-8-21-10-16/h3-6,12H,7-10H2,1-2H3,(H,17,20)(H,18,19). The van der Waals surface area contributed by atoms with Gasteiger partial charge >= 0.3 is 5.97 Å². The highest BCUT2D eigenvalue weighted by Gasteiger charge is 2.39. The summed E-state index contributed by atoms with van der Waals surface area (Å²) in [7, 11) is 0. The number of carbonyl (C=O) groups is 2. The Balaban J connectivity index is 1.97. The highest BCUT2D eigenvalue weighted by atomic mass is 16.5. The highest BCUT2D eigenvalue weighted by molar-refractivity contribution is 5.82. The van der Waals surface area contributed by atoms with Crippen LogP contribution in [0.3, 0.4) is 0 Å². The Labute approximate surface area is 129 Å². The largest absolute Gasteiger partial charge is 0.481 e. The van der Waals surface area contributed by atoms with E-state index >= 15 is 0 Å². The predicted molar refractivity (Wildman–Crippen MR) is 79.8 cm³/mol. The van der Waals surface area contributed by atoms with Crippen molar-refractivity contribution in [3.63, 3.8) is 0 Å². The summed E-state index contributed by atoms with van der Waals surface area (Å²) in [5.74, 6) is -0.701. The first-order valence-electron chi connectivity index (χ1n) is 7.25.